The van der Waals surface area contributed by atoms with Crippen molar-refractivity contribution in [1.29, 1.82) is 0 Å². The van der Waals surface area contributed by atoms with Crippen molar-refractivity contribution < 1.29 is 23.1 Å². The first-order valence-electron chi connectivity index (χ1n) is 6.55. The molecule has 19 heavy (non-hydrogen) atoms. The van der Waals surface area contributed by atoms with Gasteiger partial charge in [0, 0.05) is 14.2 Å². The summed E-state index contributed by atoms with van der Waals surface area (Å²) in [5, 5.41) is 0. The summed E-state index contributed by atoms with van der Waals surface area (Å²) >= 11 is 0. The van der Waals surface area contributed by atoms with Crippen LogP contribution in [-0.2, 0) is 23.1 Å². The highest BCUT2D eigenvalue weighted by Crippen LogP contribution is 2.48. The molecular formula is C13H25O5P. The summed E-state index contributed by atoms with van der Waals surface area (Å²) in [5.41, 5.74) is 0.918. The summed E-state index contributed by atoms with van der Waals surface area (Å²) in [7, 11) is -0.337. The second-order valence-electron chi connectivity index (χ2n) is 4.11. The zero-order valence-electron chi connectivity index (χ0n) is 12.3. The summed E-state index contributed by atoms with van der Waals surface area (Å²) in [6.07, 6.45) is 4.98. The Balaban J connectivity index is 4.65. The minimum absolute atomic E-state index is 0.195. The molecule has 0 bridgehead atoms. The Bertz CT molecular complexity index is 330. The van der Waals surface area contributed by atoms with Gasteiger partial charge >= 0.3 is 13.6 Å². The normalized spacial score (nSPS) is 12.5. The van der Waals surface area contributed by atoms with Crippen LogP contribution in [0.25, 0.3) is 0 Å². The number of ether oxygens (including phenoxy) is 1. The van der Waals surface area contributed by atoms with Crippen LogP contribution in [0.4, 0.5) is 0 Å². The molecule has 0 aromatic heterocycles. The van der Waals surface area contributed by atoms with E-state index in [1.807, 2.05) is 0 Å². The van der Waals surface area contributed by atoms with E-state index in [9.17, 15) is 9.36 Å². The van der Waals surface area contributed by atoms with Crippen LogP contribution < -0.4 is 0 Å². The van der Waals surface area contributed by atoms with Crippen molar-refractivity contribution in [3.63, 3.8) is 0 Å². The molecule has 6 heteroatoms. The quantitative estimate of drug-likeness (QED) is 0.350. The number of unbranched alkanes of at least 4 members (excludes halogenated alkanes) is 1. The van der Waals surface area contributed by atoms with Gasteiger partial charge in [0.15, 0.2) is 0 Å². The smallest absolute Gasteiger partial charge is 0.334 e. The summed E-state index contributed by atoms with van der Waals surface area (Å²) in [5.74, 6) is -0.277. The molecular weight excluding hydrogens is 267 g/mol. The van der Waals surface area contributed by atoms with Crippen molar-refractivity contribution in [2.75, 3.05) is 27.0 Å². The van der Waals surface area contributed by atoms with E-state index in [0.29, 0.717) is 6.61 Å². The minimum atomic E-state index is -3.07. The highest BCUT2D eigenvalue weighted by molar-refractivity contribution is 7.54. The van der Waals surface area contributed by atoms with Crippen LogP contribution in [0.5, 0.6) is 0 Å². The zero-order valence-corrected chi connectivity index (χ0v) is 13.2. The van der Waals surface area contributed by atoms with Crippen molar-refractivity contribution in [3.05, 3.63) is 11.6 Å². The standard InChI is InChI=1S/C13H25O5P/c1-5-7-8-12(9-10-13(14)18-6-2)11-19(15,16-3)17-4/h9H,5-8,10-11H2,1-4H3. The third kappa shape index (κ3) is 8.19. The minimum Gasteiger partial charge on any atom is -0.466 e. The molecule has 5 nitrogen and oxygen atoms in total. The molecule has 0 aliphatic heterocycles. The highest BCUT2D eigenvalue weighted by atomic mass is 31.2. The van der Waals surface area contributed by atoms with Gasteiger partial charge < -0.3 is 13.8 Å². The fourth-order valence-electron chi connectivity index (χ4n) is 1.55. The van der Waals surface area contributed by atoms with Crippen molar-refractivity contribution in [1.82, 2.24) is 0 Å². The van der Waals surface area contributed by atoms with Crippen LogP contribution in [0.3, 0.4) is 0 Å². The number of allylic oxidation sites excluding steroid dienone is 1. The lowest BCUT2D eigenvalue weighted by atomic mass is 10.1. The Morgan fingerprint density at radius 1 is 1.21 bits per heavy atom. The maximum absolute atomic E-state index is 12.1. The molecule has 0 radical (unpaired) electrons. The molecule has 0 unspecified atom stereocenters. The van der Waals surface area contributed by atoms with E-state index in [2.05, 4.69) is 6.92 Å². The van der Waals surface area contributed by atoms with Crippen LogP contribution in [0.15, 0.2) is 11.6 Å². The first-order chi connectivity index (χ1) is 9.01. The largest absolute Gasteiger partial charge is 0.466 e. The molecule has 0 fully saturated rings. The van der Waals surface area contributed by atoms with Gasteiger partial charge in [-0.05, 0) is 19.8 Å². The molecule has 0 rings (SSSR count). The number of carbonyl (C=O) groups is 1. The number of hydrogen-bond acceptors (Lipinski definition) is 5. The van der Waals surface area contributed by atoms with Crippen LogP contribution in [0.2, 0.25) is 0 Å². The van der Waals surface area contributed by atoms with Gasteiger partial charge in [-0.2, -0.15) is 0 Å². The maximum atomic E-state index is 12.1. The maximum Gasteiger partial charge on any atom is 0.334 e. The SMILES string of the molecule is CCCCC(=CCC(=O)OCC)CP(=O)(OC)OC. The lowest BCUT2D eigenvalue weighted by Gasteiger charge is -2.15. The molecule has 0 saturated heterocycles. The van der Waals surface area contributed by atoms with Crippen molar-refractivity contribution in [2.45, 2.75) is 39.5 Å². The van der Waals surface area contributed by atoms with E-state index in [-0.39, 0.29) is 18.6 Å². The van der Waals surface area contributed by atoms with Gasteiger partial charge in [0.2, 0.25) is 0 Å². The number of hydrogen-bond donors (Lipinski definition) is 0. The first-order valence-corrected chi connectivity index (χ1v) is 8.28. The molecule has 0 N–H and O–H groups in total. The second-order valence-corrected chi connectivity index (χ2v) is 6.38. The Morgan fingerprint density at radius 3 is 2.32 bits per heavy atom. The Hall–Kier alpha value is -0.640. The van der Waals surface area contributed by atoms with Gasteiger partial charge in [0.1, 0.15) is 0 Å². The fourth-order valence-corrected chi connectivity index (χ4v) is 2.74. The van der Waals surface area contributed by atoms with Gasteiger partial charge in [0.25, 0.3) is 0 Å². The lowest BCUT2D eigenvalue weighted by Crippen LogP contribution is -2.04. The predicted octanol–water partition coefficient (Wildman–Crippen LogP) is 3.54. The van der Waals surface area contributed by atoms with Crippen LogP contribution in [0.1, 0.15) is 39.5 Å². The summed E-state index contributed by atoms with van der Waals surface area (Å²) < 4.78 is 26.8. The summed E-state index contributed by atoms with van der Waals surface area (Å²) in [6.45, 7) is 4.21. The molecule has 0 saturated carbocycles. The third-order valence-corrected chi connectivity index (χ3v) is 4.57. The number of rotatable bonds is 10. The van der Waals surface area contributed by atoms with E-state index >= 15 is 0 Å². The van der Waals surface area contributed by atoms with Gasteiger partial charge in [0.05, 0.1) is 19.2 Å². The van der Waals surface area contributed by atoms with Crippen molar-refractivity contribution >= 4 is 13.6 Å². The molecule has 0 atom stereocenters. The van der Waals surface area contributed by atoms with Gasteiger partial charge in [-0.25, -0.2) is 0 Å². The van der Waals surface area contributed by atoms with E-state index in [1.165, 1.54) is 14.2 Å². The Morgan fingerprint density at radius 2 is 1.84 bits per heavy atom. The Labute approximate surface area is 115 Å². The number of carbonyl (C=O) groups excluding carboxylic acids is 1. The Kier molecular flexibility index (Phi) is 9.84. The topological polar surface area (TPSA) is 61.8 Å². The second kappa shape index (κ2) is 10.2. The molecule has 0 aromatic carbocycles. The van der Waals surface area contributed by atoms with Crippen LogP contribution in [0, 0.1) is 0 Å². The summed E-state index contributed by atoms with van der Waals surface area (Å²) in [4.78, 5) is 11.3. The van der Waals surface area contributed by atoms with E-state index in [0.717, 1.165) is 24.8 Å². The van der Waals surface area contributed by atoms with Crippen LogP contribution >= 0.6 is 7.60 Å². The van der Waals surface area contributed by atoms with E-state index in [1.54, 1.807) is 13.0 Å². The molecule has 112 valence electrons. The molecule has 0 spiro atoms. The van der Waals surface area contributed by atoms with Crippen LogP contribution in [-0.4, -0.2) is 33.0 Å². The molecule has 0 amide bonds. The lowest BCUT2D eigenvalue weighted by molar-refractivity contribution is -0.142. The molecule has 0 aromatic rings. The predicted molar refractivity (Wildman–Crippen MR) is 75.3 cm³/mol. The van der Waals surface area contributed by atoms with E-state index < -0.39 is 7.60 Å². The third-order valence-electron chi connectivity index (χ3n) is 2.67. The van der Waals surface area contributed by atoms with Gasteiger partial charge in [-0.1, -0.05) is 25.0 Å². The molecule has 0 aliphatic rings. The number of esters is 1. The van der Waals surface area contributed by atoms with Crippen molar-refractivity contribution in [2.24, 2.45) is 0 Å². The van der Waals surface area contributed by atoms with E-state index in [4.69, 9.17) is 13.8 Å². The molecule has 0 heterocycles. The fraction of sp³-hybridized carbons (Fsp3) is 0.769. The van der Waals surface area contributed by atoms with Gasteiger partial charge in [-0.3, -0.25) is 9.36 Å². The average Bonchev–Trinajstić information content (AvgIpc) is 2.42. The monoisotopic (exact) mass is 292 g/mol. The first kappa shape index (κ1) is 18.4. The van der Waals surface area contributed by atoms with Gasteiger partial charge in [-0.15, -0.1) is 0 Å². The summed E-state index contributed by atoms with van der Waals surface area (Å²) in [6, 6.07) is 0. The van der Waals surface area contributed by atoms with Crippen molar-refractivity contribution in [3.8, 4) is 0 Å². The highest BCUT2D eigenvalue weighted by Gasteiger charge is 2.22. The zero-order chi connectivity index (χ0) is 14.7. The molecule has 0 aliphatic carbocycles. The average molecular weight is 292 g/mol.